The largest absolute Gasteiger partial charge is 0.468 e. The molecule has 1 atom stereocenters. The molecule has 0 fully saturated rings. The van der Waals surface area contributed by atoms with Gasteiger partial charge in [0.2, 0.25) is 0 Å². The lowest BCUT2D eigenvalue weighted by Crippen LogP contribution is -2.34. The fourth-order valence-corrected chi connectivity index (χ4v) is 5.09. The lowest BCUT2D eigenvalue weighted by molar-refractivity contribution is -0.159. The molecule has 1 unspecified atom stereocenters. The van der Waals surface area contributed by atoms with Crippen molar-refractivity contribution in [3.05, 3.63) is 52.7 Å². The van der Waals surface area contributed by atoms with Crippen LogP contribution in [-0.4, -0.2) is 39.8 Å². The van der Waals surface area contributed by atoms with E-state index in [9.17, 15) is 18.0 Å². The number of hydrogen-bond acceptors (Lipinski definition) is 7. The summed E-state index contributed by atoms with van der Waals surface area (Å²) in [7, 11) is -1.47. The number of ether oxygens (including phenoxy) is 2. The second-order valence-corrected chi connectivity index (χ2v) is 8.66. The molecular formula is C18H20O6S2. The molecule has 8 heteroatoms. The molecule has 1 aromatic heterocycles. The van der Waals surface area contributed by atoms with Gasteiger partial charge in [-0.3, -0.25) is 9.59 Å². The summed E-state index contributed by atoms with van der Waals surface area (Å²) in [6, 6.07) is 9.81. The molecule has 26 heavy (non-hydrogen) atoms. The summed E-state index contributed by atoms with van der Waals surface area (Å²) in [5.74, 6) is -2.92. The molecular weight excluding hydrogens is 376 g/mol. The first-order valence-corrected chi connectivity index (χ1v) is 10.3. The molecule has 0 radical (unpaired) electrons. The molecule has 0 saturated carbocycles. The zero-order chi connectivity index (χ0) is 19.2. The lowest BCUT2D eigenvalue weighted by Gasteiger charge is -2.21. The molecule has 0 aliphatic rings. The van der Waals surface area contributed by atoms with Crippen LogP contribution >= 0.6 is 11.3 Å². The van der Waals surface area contributed by atoms with Crippen LogP contribution in [0, 0.1) is 5.92 Å². The minimum Gasteiger partial charge on any atom is -0.468 e. The Labute approximate surface area is 156 Å². The van der Waals surface area contributed by atoms with Crippen LogP contribution in [-0.2, 0) is 35.3 Å². The predicted octanol–water partition coefficient (Wildman–Crippen LogP) is 2.49. The molecule has 1 aromatic carbocycles. The molecule has 140 valence electrons. The summed E-state index contributed by atoms with van der Waals surface area (Å²) in [6.45, 7) is 0. The summed E-state index contributed by atoms with van der Waals surface area (Å²) in [5, 5.41) is 2.72. The van der Waals surface area contributed by atoms with Crippen LogP contribution in [0.2, 0.25) is 0 Å². The zero-order valence-electron chi connectivity index (χ0n) is 14.5. The SMILES string of the molecule is COC(=O)C(CC(Cc1ccsc1)S(=O)(=O)c1ccccc1)C(=O)OC. The Morgan fingerprint density at radius 3 is 2.15 bits per heavy atom. The number of carbonyl (C=O) groups excluding carboxylic acids is 2. The fraction of sp³-hybridized carbons (Fsp3) is 0.333. The van der Waals surface area contributed by atoms with Gasteiger partial charge in [-0.15, -0.1) is 0 Å². The van der Waals surface area contributed by atoms with Gasteiger partial charge in [0.05, 0.1) is 24.4 Å². The van der Waals surface area contributed by atoms with Gasteiger partial charge in [-0.1, -0.05) is 18.2 Å². The average molecular weight is 396 g/mol. The van der Waals surface area contributed by atoms with Crippen LogP contribution < -0.4 is 0 Å². The lowest BCUT2D eigenvalue weighted by atomic mass is 10.00. The maximum absolute atomic E-state index is 13.1. The predicted molar refractivity (Wildman–Crippen MR) is 97.6 cm³/mol. The molecule has 1 heterocycles. The number of thiophene rings is 1. The summed E-state index contributed by atoms with van der Waals surface area (Å²) in [5.41, 5.74) is 0.827. The number of benzene rings is 1. The maximum atomic E-state index is 13.1. The first kappa shape index (κ1) is 20.1. The quantitative estimate of drug-likeness (QED) is 0.503. The highest BCUT2D eigenvalue weighted by atomic mass is 32.2. The number of esters is 2. The van der Waals surface area contributed by atoms with Crippen molar-refractivity contribution in [3.8, 4) is 0 Å². The van der Waals surface area contributed by atoms with Gasteiger partial charge in [-0.25, -0.2) is 8.42 Å². The fourth-order valence-electron chi connectivity index (χ4n) is 2.63. The van der Waals surface area contributed by atoms with Crippen molar-refractivity contribution in [2.45, 2.75) is 23.0 Å². The monoisotopic (exact) mass is 396 g/mol. The third-order valence-corrected chi connectivity index (χ3v) is 6.92. The topological polar surface area (TPSA) is 86.7 Å². The van der Waals surface area contributed by atoms with E-state index >= 15 is 0 Å². The first-order chi connectivity index (χ1) is 12.4. The van der Waals surface area contributed by atoms with Crippen LogP contribution in [0.25, 0.3) is 0 Å². The Morgan fingerprint density at radius 2 is 1.65 bits per heavy atom. The summed E-state index contributed by atoms with van der Waals surface area (Å²) < 4.78 is 35.5. The van der Waals surface area contributed by atoms with Crippen LogP contribution in [0.3, 0.4) is 0 Å². The first-order valence-electron chi connectivity index (χ1n) is 7.85. The van der Waals surface area contributed by atoms with E-state index < -0.39 is 32.9 Å². The second kappa shape index (κ2) is 8.95. The van der Waals surface area contributed by atoms with Crippen molar-refractivity contribution in [1.82, 2.24) is 0 Å². The normalized spacial score (nSPS) is 12.6. The molecule has 0 aliphatic heterocycles. The molecule has 0 saturated heterocycles. The highest BCUT2D eigenvalue weighted by Gasteiger charge is 2.37. The summed E-state index contributed by atoms with van der Waals surface area (Å²) in [6.07, 6.45) is -0.0301. The van der Waals surface area contributed by atoms with Crippen molar-refractivity contribution in [1.29, 1.82) is 0 Å². The Balaban J connectivity index is 2.40. The number of carbonyl (C=O) groups is 2. The Bertz CT molecular complexity index is 812. The Hall–Kier alpha value is -2.19. The molecule has 0 amide bonds. The van der Waals surface area contributed by atoms with Crippen molar-refractivity contribution < 1.29 is 27.5 Å². The van der Waals surface area contributed by atoms with Gasteiger partial charge in [0.15, 0.2) is 15.8 Å². The smallest absolute Gasteiger partial charge is 0.320 e. The van der Waals surface area contributed by atoms with Gasteiger partial charge in [0.1, 0.15) is 0 Å². The van der Waals surface area contributed by atoms with Crippen LogP contribution in [0.4, 0.5) is 0 Å². The highest BCUT2D eigenvalue weighted by molar-refractivity contribution is 7.92. The molecule has 2 aromatic rings. The molecule has 2 rings (SSSR count). The maximum Gasteiger partial charge on any atom is 0.320 e. The van der Waals surface area contributed by atoms with Crippen LogP contribution in [0.5, 0.6) is 0 Å². The van der Waals surface area contributed by atoms with E-state index in [-0.39, 0.29) is 17.7 Å². The van der Waals surface area contributed by atoms with E-state index in [4.69, 9.17) is 0 Å². The highest BCUT2D eigenvalue weighted by Crippen LogP contribution is 2.26. The van der Waals surface area contributed by atoms with Gasteiger partial charge >= 0.3 is 11.9 Å². The van der Waals surface area contributed by atoms with Gasteiger partial charge < -0.3 is 9.47 Å². The molecule has 0 bridgehead atoms. The van der Waals surface area contributed by atoms with Crippen molar-refractivity contribution >= 4 is 33.1 Å². The zero-order valence-corrected chi connectivity index (χ0v) is 16.1. The Morgan fingerprint density at radius 1 is 1.04 bits per heavy atom. The van der Waals surface area contributed by atoms with Gasteiger partial charge in [-0.05, 0) is 47.4 Å². The van der Waals surface area contributed by atoms with E-state index in [1.165, 1.54) is 23.5 Å². The summed E-state index contributed by atoms with van der Waals surface area (Å²) in [4.78, 5) is 24.1. The third kappa shape index (κ3) is 4.70. The van der Waals surface area contributed by atoms with Crippen molar-refractivity contribution in [3.63, 3.8) is 0 Å². The van der Waals surface area contributed by atoms with Gasteiger partial charge in [0.25, 0.3) is 0 Å². The molecule has 0 N–H and O–H groups in total. The summed E-state index contributed by atoms with van der Waals surface area (Å²) >= 11 is 1.45. The Kier molecular flexibility index (Phi) is 6.93. The van der Waals surface area contributed by atoms with Crippen LogP contribution in [0.1, 0.15) is 12.0 Å². The van der Waals surface area contributed by atoms with E-state index in [2.05, 4.69) is 9.47 Å². The molecule has 0 aliphatic carbocycles. The van der Waals surface area contributed by atoms with E-state index in [1.54, 1.807) is 18.2 Å². The number of rotatable bonds is 8. The minimum absolute atomic E-state index is 0.147. The van der Waals surface area contributed by atoms with Crippen LogP contribution in [0.15, 0.2) is 52.1 Å². The van der Waals surface area contributed by atoms with E-state index in [1.807, 2.05) is 16.8 Å². The minimum atomic E-state index is -3.77. The third-order valence-electron chi connectivity index (χ3n) is 4.02. The number of sulfone groups is 1. The molecule has 6 nitrogen and oxygen atoms in total. The van der Waals surface area contributed by atoms with Gasteiger partial charge in [0, 0.05) is 0 Å². The van der Waals surface area contributed by atoms with Crippen molar-refractivity contribution in [2.24, 2.45) is 5.92 Å². The number of hydrogen-bond donors (Lipinski definition) is 0. The standard InChI is InChI=1S/C18H20O6S2/c1-23-17(19)16(18(20)24-2)11-15(10-13-8-9-25-12-13)26(21,22)14-6-4-3-5-7-14/h3-9,12,15-16H,10-11H2,1-2H3. The number of methoxy groups -OCH3 is 2. The van der Waals surface area contributed by atoms with Crippen molar-refractivity contribution in [2.75, 3.05) is 14.2 Å². The average Bonchev–Trinajstić information content (AvgIpc) is 3.17. The second-order valence-electron chi connectivity index (χ2n) is 5.65. The molecule has 0 spiro atoms. The van der Waals surface area contributed by atoms with E-state index in [0.29, 0.717) is 0 Å². The van der Waals surface area contributed by atoms with Gasteiger partial charge in [-0.2, -0.15) is 11.3 Å². The van der Waals surface area contributed by atoms with E-state index in [0.717, 1.165) is 19.8 Å².